The van der Waals surface area contributed by atoms with Gasteiger partial charge in [0.05, 0.1) is 0 Å². The van der Waals surface area contributed by atoms with Crippen molar-refractivity contribution in [2.75, 3.05) is 0 Å². The molecule has 0 nitrogen and oxygen atoms in total. The molecule has 8 rings (SSSR count). The zero-order chi connectivity index (χ0) is 27.8. The summed E-state index contributed by atoms with van der Waals surface area (Å²) in [6.45, 7) is 0. The summed E-state index contributed by atoms with van der Waals surface area (Å²) in [6.07, 6.45) is 14.7. The second kappa shape index (κ2) is 14.3. The number of benzene rings is 4. The summed E-state index contributed by atoms with van der Waals surface area (Å²) in [6, 6.07) is 36.8. The minimum absolute atomic E-state index is 0. The molecule has 3 heteroatoms. The van der Waals surface area contributed by atoms with Crippen LogP contribution in [0.5, 0.6) is 0 Å². The maximum absolute atomic E-state index is 4.93. The van der Waals surface area contributed by atoms with Crippen LogP contribution < -0.4 is 0 Å². The summed E-state index contributed by atoms with van der Waals surface area (Å²) in [4.78, 5) is 0. The van der Waals surface area contributed by atoms with E-state index in [9.17, 15) is 0 Å². The van der Waals surface area contributed by atoms with E-state index in [4.69, 9.17) is 17.0 Å². The van der Waals surface area contributed by atoms with Crippen LogP contribution in [0, 0.1) is 26.7 Å². The van der Waals surface area contributed by atoms with Crippen LogP contribution >= 0.6 is 17.0 Å². The predicted octanol–water partition coefficient (Wildman–Crippen LogP) is 12.2. The fraction of sp³-hybridized carbons (Fsp3) is 0.250. The normalized spacial score (nSPS) is 25.3. The molecule has 0 radical (unpaired) electrons. The Hall–Kier alpha value is -2.18. The van der Waals surface area contributed by atoms with Crippen LogP contribution in [-0.4, -0.2) is 0 Å². The van der Waals surface area contributed by atoms with Crippen molar-refractivity contribution in [3.8, 4) is 11.1 Å². The molecule has 0 heterocycles. The molecular formula is C40H40Cl2Zr. The van der Waals surface area contributed by atoms with Crippen LogP contribution in [0.2, 0.25) is 0 Å². The van der Waals surface area contributed by atoms with Crippen molar-refractivity contribution in [3.05, 3.63) is 157 Å². The first-order valence-corrected chi connectivity index (χ1v) is 21.3. The van der Waals surface area contributed by atoms with E-state index in [1.165, 1.54) is 47.9 Å². The van der Waals surface area contributed by atoms with Gasteiger partial charge >= 0.3 is 37.9 Å². The average Bonchev–Trinajstić information content (AvgIpc) is 3.67. The Kier molecular flexibility index (Phi) is 10.7. The second-order valence-corrected chi connectivity index (χ2v) is 15.8. The van der Waals surface area contributed by atoms with Gasteiger partial charge in [0, 0.05) is 0 Å². The van der Waals surface area contributed by atoms with Gasteiger partial charge < -0.3 is 14.9 Å². The number of hydrogen-bond acceptors (Lipinski definition) is 0. The number of halogens is 2. The topological polar surface area (TPSA) is 0 Å². The summed E-state index contributed by atoms with van der Waals surface area (Å²) in [5.74, 6) is 3.81. The molecule has 4 aromatic rings. The monoisotopic (exact) mass is 680 g/mol. The number of hydrogen-bond donors (Lipinski definition) is 0. The Balaban J connectivity index is 0.000000709. The van der Waals surface area contributed by atoms with Crippen molar-refractivity contribution >= 4 is 29.2 Å². The fourth-order valence-electron chi connectivity index (χ4n) is 8.44. The third-order valence-electron chi connectivity index (χ3n) is 10.2. The first-order valence-electron chi connectivity index (χ1n) is 14.9. The molecule has 2 saturated carbocycles. The molecule has 4 aliphatic carbocycles. The SMILES string of the molecule is C1=CC2CC(c3ccccc3-c3ccccc3C3CC4C=Cc5ccccc5C4C3)CC2c2ccccc21.[CH3-].[CH3-].[Cl][Zr+2][Cl]. The molecule has 0 spiro atoms. The molecule has 218 valence electrons. The van der Waals surface area contributed by atoms with E-state index in [2.05, 4.69) is 121 Å². The van der Waals surface area contributed by atoms with Crippen LogP contribution in [0.3, 0.4) is 0 Å². The van der Waals surface area contributed by atoms with Crippen molar-refractivity contribution in [3.63, 3.8) is 0 Å². The van der Waals surface area contributed by atoms with Gasteiger partial charge in [0.15, 0.2) is 0 Å². The number of fused-ring (bicyclic) bond motifs is 6. The third kappa shape index (κ3) is 6.20. The first-order chi connectivity index (χ1) is 20.2. The Bertz CT molecular complexity index is 1480. The van der Waals surface area contributed by atoms with E-state index in [1.807, 2.05) is 0 Å². The van der Waals surface area contributed by atoms with Crippen molar-refractivity contribution in [1.29, 1.82) is 0 Å². The van der Waals surface area contributed by atoms with E-state index < -0.39 is 20.8 Å². The van der Waals surface area contributed by atoms with Crippen molar-refractivity contribution < 1.29 is 20.8 Å². The van der Waals surface area contributed by atoms with Crippen molar-refractivity contribution in [2.45, 2.75) is 49.4 Å². The van der Waals surface area contributed by atoms with Gasteiger partial charge in [-0.15, -0.1) is 0 Å². The molecule has 0 aromatic heterocycles. The standard InChI is InChI=1S/C38H34.2CH3.2ClH.Zr/c1-3-11-31-25(9-1)17-19-27-21-29(23-37(27)31)33-13-5-7-15-35(33)36-16-8-6-14-34(36)30-22-28-20-18-26-10-2-4-12-32(26)38(28)24-30;;;;;/h1-20,27-30,37-38H,21-24H2;2*1H3;2*1H;/q;2*-1;;;+4/p-2. The number of rotatable bonds is 3. The van der Waals surface area contributed by atoms with Crippen LogP contribution in [-0.2, 0) is 20.8 Å². The van der Waals surface area contributed by atoms with E-state index in [-0.39, 0.29) is 14.9 Å². The van der Waals surface area contributed by atoms with Crippen LogP contribution in [0.15, 0.2) is 109 Å². The molecule has 0 amide bonds. The zero-order valence-electron chi connectivity index (χ0n) is 25.1. The van der Waals surface area contributed by atoms with E-state index in [0.717, 1.165) is 0 Å². The molecule has 2 fully saturated rings. The summed E-state index contributed by atoms with van der Waals surface area (Å²) < 4.78 is 0. The molecule has 6 unspecified atom stereocenters. The van der Waals surface area contributed by atoms with Crippen LogP contribution in [0.1, 0.15) is 82.7 Å². The van der Waals surface area contributed by atoms with E-state index >= 15 is 0 Å². The molecule has 0 bridgehead atoms. The predicted molar refractivity (Wildman–Crippen MR) is 184 cm³/mol. The third-order valence-corrected chi connectivity index (χ3v) is 10.2. The summed E-state index contributed by atoms with van der Waals surface area (Å²) >= 11 is -0.826. The Labute approximate surface area is 277 Å². The minimum atomic E-state index is -0.826. The van der Waals surface area contributed by atoms with Gasteiger partial charge in [-0.1, -0.05) is 121 Å². The fourth-order valence-corrected chi connectivity index (χ4v) is 8.44. The summed E-state index contributed by atoms with van der Waals surface area (Å²) in [5, 5.41) is 0. The van der Waals surface area contributed by atoms with Crippen LogP contribution in [0.4, 0.5) is 0 Å². The van der Waals surface area contributed by atoms with Gasteiger partial charge in [0.1, 0.15) is 0 Å². The molecular weight excluding hydrogens is 643 g/mol. The maximum atomic E-state index is 4.93. The van der Waals surface area contributed by atoms with E-state index in [0.29, 0.717) is 35.5 Å². The van der Waals surface area contributed by atoms with Gasteiger partial charge in [-0.2, -0.15) is 0 Å². The zero-order valence-corrected chi connectivity index (χ0v) is 29.1. The van der Waals surface area contributed by atoms with Gasteiger partial charge in [-0.3, -0.25) is 0 Å². The summed E-state index contributed by atoms with van der Waals surface area (Å²) in [5.41, 5.74) is 12.0. The molecule has 43 heavy (non-hydrogen) atoms. The van der Waals surface area contributed by atoms with Crippen molar-refractivity contribution in [1.82, 2.24) is 0 Å². The average molecular weight is 683 g/mol. The number of allylic oxidation sites excluding steroid dienone is 2. The Morgan fingerprint density at radius 1 is 0.465 bits per heavy atom. The Morgan fingerprint density at radius 3 is 1.23 bits per heavy atom. The quantitative estimate of drug-likeness (QED) is 0.189. The molecule has 0 aliphatic heterocycles. The van der Waals surface area contributed by atoms with Gasteiger partial charge in [0.25, 0.3) is 0 Å². The molecule has 4 aromatic carbocycles. The molecule has 6 atom stereocenters. The van der Waals surface area contributed by atoms with E-state index in [1.54, 1.807) is 22.3 Å². The molecule has 0 saturated heterocycles. The first kappa shape index (κ1) is 32.2. The molecule has 4 aliphatic rings. The van der Waals surface area contributed by atoms with Crippen LogP contribution in [0.25, 0.3) is 23.3 Å². The Morgan fingerprint density at radius 2 is 0.814 bits per heavy atom. The van der Waals surface area contributed by atoms with Crippen molar-refractivity contribution in [2.24, 2.45) is 11.8 Å². The van der Waals surface area contributed by atoms with Gasteiger partial charge in [-0.25, -0.2) is 0 Å². The van der Waals surface area contributed by atoms with Gasteiger partial charge in [0.2, 0.25) is 0 Å². The second-order valence-electron chi connectivity index (χ2n) is 12.1. The van der Waals surface area contributed by atoms with Gasteiger partial charge in [-0.05, 0) is 106 Å². The summed E-state index contributed by atoms with van der Waals surface area (Å²) in [7, 11) is 9.87. The molecule has 0 N–H and O–H groups in total.